The molecule has 0 spiro atoms. The van der Waals surface area contributed by atoms with Gasteiger partial charge in [-0.15, -0.1) is 0 Å². The Hall–Kier alpha value is -2.41. The molecular formula is C26H40N12O9P2S2Si. The van der Waals surface area contributed by atoms with E-state index in [4.69, 9.17) is 46.2 Å². The molecule has 3 aliphatic rings. The van der Waals surface area contributed by atoms with Crippen molar-refractivity contribution in [3.63, 3.8) is 0 Å². The smallest absolute Gasteiger partial charge is 0.324 e. The van der Waals surface area contributed by atoms with Crippen molar-refractivity contribution in [2.75, 3.05) is 24.7 Å². The second kappa shape index (κ2) is 13.4. The van der Waals surface area contributed by atoms with E-state index < -0.39 is 76.2 Å². The summed E-state index contributed by atoms with van der Waals surface area (Å²) in [6.45, 7) is 1.69. The van der Waals surface area contributed by atoms with Gasteiger partial charge in [-0.3, -0.25) is 23.5 Å². The molecule has 9 N–H and O–H groups in total. The number of nitrogens with two attached hydrogens (primary N) is 2. The van der Waals surface area contributed by atoms with Crippen molar-refractivity contribution in [1.29, 1.82) is 0 Å². The number of rotatable bonds is 4. The highest BCUT2D eigenvalue weighted by molar-refractivity contribution is 8.45. The van der Waals surface area contributed by atoms with E-state index in [9.17, 15) is 19.4 Å². The Morgan fingerprint density at radius 2 is 1.63 bits per heavy atom. The molecule has 0 aliphatic carbocycles. The zero-order chi connectivity index (χ0) is 37.5. The maximum atomic E-state index is 14.0. The first-order chi connectivity index (χ1) is 24.3. The summed E-state index contributed by atoms with van der Waals surface area (Å²) >= 11 is 9.97. The van der Waals surface area contributed by atoms with Crippen molar-refractivity contribution in [2.24, 2.45) is 0 Å². The van der Waals surface area contributed by atoms with Crippen molar-refractivity contribution in [3.05, 3.63) is 29.3 Å². The monoisotopic (exact) mass is 818 g/mol. The Balaban J connectivity index is 1.23. The van der Waals surface area contributed by atoms with Gasteiger partial charge >= 0.3 is 6.72 Å². The number of fused-ring (bicyclic) bond motifs is 4. The minimum atomic E-state index is -4.05. The average Bonchev–Trinajstić information content (AvgIpc) is 3.80. The SMILES string of the molecule is CC(C)(C)[Si](C)(C)O[C@@H]1[C@@H]2NP(O)(=S)OC[C@H]3O[C@@H](n4cnc5c(=O)[nH]c(N)nc54)[C@H](O)[C@@H]3NP(=O)(S)OC[C@H]2O[C@H]1n1cnc2c(N)ncnc21. The van der Waals surface area contributed by atoms with Crippen LogP contribution in [-0.4, -0.2) is 107 Å². The lowest BCUT2D eigenvalue weighted by atomic mass is 10.1. The predicted molar refractivity (Wildman–Crippen MR) is 197 cm³/mol. The molecule has 4 aromatic rings. The summed E-state index contributed by atoms with van der Waals surface area (Å²) in [6, 6.07) is -2.03. The molecule has 0 bridgehead atoms. The number of H-pyrrole nitrogens is 1. The van der Waals surface area contributed by atoms with Gasteiger partial charge in [0, 0.05) is 0 Å². The molecule has 0 saturated carbocycles. The lowest BCUT2D eigenvalue weighted by Crippen LogP contribution is -2.53. The van der Waals surface area contributed by atoms with E-state index in [1.807, 2.05) is 0 Å². The van der Waals surface area contributed by atoms with Gasteiger partial charge in [0.25, 0.3) is 12.2 Å². The number of aliphatic hydroxyl groups is 1. The fourth-order valence-electron chi connectivity index (χ4n) is 6.16. The molecule has 7 rings (SSSR count). The summed E-state index contributed by atoms with van der Waals surface area (Å²) in [7, 11) is -2.58. The lowest BCUT2D eigenvalue weighted by Gasteiger charge is -2.41. The summed E-state index contributed by atoms with van der Waals surface area (Å²) in [4.78, 5) is 47.5. The van der Waals surface area contributed by atoms with Gasteiger partial charge in [-0.1, -0.05) is 33.0 Å². The van der Waals surface area contributed by atoms with Gasteiger partial charge in [0.1, 0.15) is 36.3 Å². The average molecular weight is 819 g/mol. The third-order valence-corrected chi connectivity index (χ3v) is 17.8. The molecule has 52 heavy (non-hydrogen) atoms. The summed E-state index contributed by atoms with van der Waals surface area (Å²) in [5.41, 5.74) is 12.0. The van der Waals surface area contributed by atoms with E-state index in [0.717, 1.165) is 0 Å². The molecule has 2 unspecified atom stereocenters. The van der Waals surface area contributed by atoms with Crippen molar-refractivity contribution in [3.8, 4) is 0 Å². The molecule has 7 heterocycles. The number of thiol groups is 1. The fraction of sp³-hybridized carbons (Fsp3) is 0.615. The van der Waals surface area contributed by atoms with Crippen LogP contribution in [0.5, 0.6) is 0 Å². The number of aromatic amines is 1. The number of ether oxygens (including phenoxy) is 2. The van der Waals surface area contributed by atoms with Crippen molar-refractivity contribution >= 4 is 79.8 Å². The van der Waals surface area contributed by atoms with E-state index in [-0.39, 0.29) is 41.2 Å². The van der Waals surface area contributed by atoms with Gasteiger partial charge in [0.2, 0.25) is 5.95 Å². The first-order valence-electron chi connectivity index (χ1n) is 16.1. The Labute approximate surface area is 307 Å². The summed E-state index contributed by atoms with van der Waals surface area (Å²) < 4.78 is 48.5. The number of nitrogens with zero attached hydrogens (tertiary/aromatic N) is 7. The highest BCUT2D eigenvalue weighted by atomic mass is 32.7. The number of aromatic nitrogens is 8. The second-order valence-corrected chi connectivity index (χ2v) is 25.2. The molecule has 3 fully saturated rings. The van der Waals surface area contributed by atoms with Gasteiger partial charge in [0.05, 0.1) is 38.0 Å². The lowest BCUT2D eigenvalue weighted by molar-refractivity contribution is -0.0464. The molecule has 21 nitrogen and oxygen atoms in total. The van der Waals surface area contributed by atoms with Crippen LogP contribution in [0.25, 0.3) is 22.3 Å². The first-order valence-corrected chi connectivity index (χ1v) is 24.4. The van der Waals surface area contributed by atoms with E-state index >= 15 is 0 Å². The Bertz CT molecular complexity index is 2170. The number of hydrogen-bond acceptors (Lipinski definition) is 16. The summed E-state index contributed by atoms with van der Waals surface area (Å²) in [6.07, 6.45) is -2.37. The molecule has 3 saturated heterocycles. The van der Waals surface area contributed by atoms with Crippen LogP contribution in [0.4, 0.5) is 11.8 Å². The quantitative estimate of drug-likeness (QED) is 0.0806. The molecule has 26 heteroatoms. The van der Waals surface area contributed by atoms with Crippen LogP contribution in [0.1, 0.15) is 33.2 Å². The van der Waals surface area contributed by atoms with Crippen LogP contribution in [0.3, 0.4) is 0 Å². The second-order valence-electron chi connectivity index (χ2n) is 14.3. The number of aliphatic hydroxyl groups excluding tert-OH is 1. The first kappa shape index (κ1) is 37.9. The fourth-order valence-corrected chi connectivity index (χ4v) is 10.8. The van der Waals surface area contributed by atoms with Crippen molar-refractivity contribution < 1.29 is 37.5 Å². The Morgan fingerprint density at radius 3 is 2.35 bits per heavy atom. The molecule has 0 radical (unpaired) electrons. The van der Waals surface area contributed by atoms with Gasteiger partial charge < -0.3 is 44.4 Å². The minimum Gasteiger partial charge on any atom is -0.408 e. The summed E-state index contributed by atoms with van der Waals surface area (Å²) in [5.74, 6) is -0.00478. The summed E-state index contributed by atoms with van der Waals surface area (Å²) in [5, 5.41) is 17.1. The highest BCUT2D eigenvalue weighted by Gasteiger charge is 2.54. The molecule has 4 aromatic heterocycles. The predicted octanol–water partition coefficient (Wildman–Crippen LogP) is 0.888. The van der Waals surface area contributed by atoms with Gasteiger partial charge in [0.15, 0.2) is 43.4 Å². The van der Waals surface area contributed by atoms with Crippen molar-refractivity contribution in [2.45, 2.75) is 87.9 Å². The maximum Gasteiger partial charge on any atom is 0.324 e. The molecule has 10 atom stereocenters. The van der Waals surface area contributed by atoms with Crippen LogP contribution in [-0.2, 0) is 39.3 Å². The van der Waals surface area contributed by atoms with Gasteiger partial charge in [-0.2, -0.15) is 4.98 Å². The standard InChI is InChI=1S/C26H40N12O9P2S2Si/c1-26(2,3)52(4,5)47-18-14-12(46-24(18)37-9-31-15-19(27)29-8-30-20(15)37)7-44-48(41,50)35-13-11(6-43-49(42,51)36-14)45-23(17(13)39)38-10-32-16-21(38)33-25(28)34-22(16)40/h8-14,17-18,23-24,39H,6-7H2,1-5H3,(H2,27,29,30)(H2,35,41,50)(H2,36,42,51)(H3,28,33,34,40)/t11-,12-,13-,14-,17-,18-,23-,24-,48?,49?/m1/s1. The third-order valence-electron chi connectivity index (χ3n) is 9.80. The van der Waals surface area contributed by atoms with E-state index in [1.54, 1.807) is 4.57 Å². The Morgan fingerprint density at radius 1 is 1.00 bits per heavy atom. The molecule has 0 amide bonds. The Kier molecular flexibility index (Phi) is 9.77. The van der Waals surface area contributed by atoms with E-state index in [2.05, 4.69) is 86.2 Å². The van der Waals surface area contributed by atoms with Gasteiger partial charge in [-0.05, 0) is 29.9 Å². The minimum absolute atomic E-state index is 0.0369. The van der Waals surface area contributed by atoms with Crippen LogP contribution in [0, 0.1) is 0 Å². The number of nitrogen functional groups attached to an aromatic ring is 2. The highest BCUT2D eigenvalue weighted by Crippen LogP contribution is 2.53. The van der Waals surface area contributed by atoms with E-state index in [1.165, 1.54) is 23.5 Å². The normalized spacial score (nSPS) is 34.9. The number of anilines is 2. The van der Waals surface area contributed by atoms with Crippen LogP contribution < -0.4 is 27.2 Å². The van der Waals surface area contributed by atoms with E-state index in [0.29, 0.717) is 11.2 Å². The van der Waals surface area contributed by atoms with Crippen LogP contribution in [0.15, 0.2) is 23.8 Å². The van der Waals surface area contributed by atoms with Crippen molar-refractivity contribution in [1.82, 2.24) is 49.2 Å². The zero-order valence-corrected chi connectivity index (χ0v) is 33.1. The van der Waals surface area contributed by atoms with Crippen LogP contribution >= 0.6 is 25.6 Å². The third kappa shape index (κ3) is 6.99. The zero-order valence-electron chi connectivity index (χ0n) is 28.6. The number of nitrogens with one attached hydrogen (secondary N) is 3. The molecule has 3 aliphatic heterocycles. The topological polar surface area (TPSA) is 287 Å². The number of imidazole rings is 2. The maximum absolute atomic E-state index is 14.0. The largest absolute Gasteiger partial charge is 0.408 e. The molecule has 284 valence electrons. The van der Waals surface area contributed by atoms with Crippen LogP contribution in [0.2, 0.25) is 18.1 Å². The van der Waals surface area contributed by atoms with Gasteiger partial charge in [-0.25, -0.2) is 30.1 Å². The number of hydrogen-bond donors (Lipinski definition) is 8. The molecular weight excluding hydrogens is 779 g/mol. The molecule has 0 aromatic carbocycles.